The summed E-state index contributed by atoms with van der Waals surface area (Å²) in [6.45, 7) is 9.02. The van der Waals surface area contributed by atoms with Gasteiger partial charge in [-0.2, -0.15) is 0 Å². The van der Waals surface area contributed by atoms with Gasteiger partial charge in [0.2, 0.25) is 0 Å². The van der Waals surface area contributed by atoms with Gasteiger partial charge in [0.25, 0.3) is 0 Å². The normalized spacial score (nSPS) is 12.4. The van der Waals surface area contributed by atoms with Crippen molar-refractivity contribution >= 4 is 11.6 Å². The Kier molecular flexibility index (Phi) is 7.87. The average molecular weight is 286 g/mol. The zero-order valence-electron chi connectivity index (χ0n) is 12.0. The van der Waals surface area contributed by atoms with Crippen molar-refractivity contribution in [1.82, 2.24) is 5.32 Å². The monoisotopic (exact) mass is 285 g/mol. The van der Waals surface area contributed by atoms with Crippen molar-refractivity contribution in [2.24, 2.45) is 0 Å². The summed E-state index contributed by atoms with van der Waals surface area (Å²) in [5, 5.41) is 4.01. The fraction of sp³-hybridized carbons (Fsp3) is 0.600. The quantitative estimate of drug-likeness (QED) is 0.705. The molecule has 0 radical (unpaired) electrons. The highest BCUT2D eigenvalue weighted by atomic mass is 35.5. The number of hydrogen-bond acceptors (Lipinski definition) is 3. The molecule has 0 unspecified atom stereocenters. The zero-order valence-corrected chi connectivity index (χ0v) is 12.8. The number of aryl methyl sites for hydroxylation is 1. The highest BCUT2D eigenvalue weighted by Gasteiger charge is 2.01. The van der Waals surface area contributed by atoms with E-state index < -0.39 is 0 Å². The molecule has 0 saturated carbocycles. The Morgan fingerprint density at radius 1 is 1.26 bits per heavy atom. The van der Waals surface area contributed by atoms with E-state index in [1.807, 2.05) is 25.1 Å². The van der Waals surface area contributed by atoms with Crippen LogP contribution in [-0.4, -0.2) is 32.4 Å². The Morgan fingerprint density at radius 3 is 2.79 bits per heavy atom. The van der Waals surface area contributed by atoms with E-state index in [4.69, 9.17) is 21.1 Å². The number of benzene rings is 1. The van der Waals surface area contributed by atoms with E-state index in [0.717, 1.165) is 24.3 Å². The third kappa shape index (κ3) is 6.81. The highest BCUT2D eigenvalue weighted by molar-refractivity contribution is 6.32. The van der Waals surface area contributed by atoms with Gasteiger partial charge in [-0.1, -0.05) is 24.6 Å². The molecule has 3 nitrogen and oxygen atoms in total. The minimum Gasteiger partial charge on any atom is -0.490 e. The minimum atomic E-state index is 0.520. The summed E-state index contributed by atoms with van der Waals surface area (Å²) in [5.41, 5.74) is 1.14. The van der Waals surface area contributed by atoms with E-state index >= 15 is 0 Å². The van der Waals surface area contributed by atoms with Gasteiger partial charge < -0.3 is 14.8 Å². The SMILES string of the molecule is CC[C@H](C)NCCOCCOc1cc(C)ccc1Cl. The third-order valence-corrected chi connectivity index (χ3v) is 3.24. The van der Waals surface area contributed by atoms with E-state index in [-0.39, 0.29) is 0 Å². The highest BCUT2D eigenvalue weighted by Crippen LogP contribution is 2.24. The van der Waals surface area contributed by atoms with Crippen molar-refractivity contribution in [3.05, 3.63) is 28.8 Å². The Balaban J connectivity index is 2.09. The fourth-order valence-electron chi connectivity index (χ4n) is 1.56. The first-order valence-corrected chi connectivity index (χ1v) is 7.21. The van der Waals surface area contributed by atoms with Crippen LogP contribution < -0.4 is 10.1 Å². The molecule has 1 aromatic carbocycles. The maximum atomic E-state index is 6.03. The summed E-state index contributed by atoms with van der Waals surface area (Å²) in [4.78, 5) is 0. The molecule has 0 saturated heterocycles. The zero-order chi connectivity index (χ0) is 14.1. The van der Waals surface area contributed by atoms with Crippen molar-refractivity contribution < 1.29 is 9.47 Å². The van der Waals surface area contributed by atoms with Crippen molar-refractivity contribution in [3.63, 3.8) is 0 Å². The third-order valence-electron chi connectivity index (χ3n) is 2.92. The number of ether oxygens (including phenoxy) is 2. The Bertz CT molecular complexity index is 371. The molecule has 1 N–H and O–H groups in total. The molecular weight excluding hydrogens is 262 g/mol. The predicted molar refractivity (Wildman–Crippen MR) is 80.3 cm³/mol. The largest absolute Gasteiger partial charge is 0.490 e. The van der Waals surface area contributed by atoms with Crippen LogP contribution in [0.3, 0.4) is 0 Å². The molecule has 1 rings (SSSR count). The molecule has 0 amide bonds. The molecule has 19 heavy (non-hydrogen) atoms. The topological polar surface area (TPSA) is 30.5 Å². The van der Waals surface area contributed by atoms with Gasteiger partial charge in [-0.3, -0.25) is 0 Å². The lowest BCUT2D eigenvalue weighted by Crippen LogP contribution is -2.29. The lowest BCUT2D eigenvalue weighted by atomic mass is 10.2. The molecule has 0 aliphatic rings. The molecular formula is C15H24ClNO2. The molecule has 1 aromatic rings. The molecule has 0 heterocycles. The van der Waals surface area contributed by atoms with Crippen LogP contribution in [-0.2, 0) is 4.74 Å². The van der Waals surface area contributed by atoms with Crippen LogP contribution >= 0.6 is 11.6 Å². The lowest BCUT2D eigenvalue weighted by Gasteiger charge is -2.12. The second kappa shape index (κ2) is 9.18. The first-order valence-electron chi connectivity index (χ1n) is 6.83. The Morgan fingerprint density at radius 2 is 2.05 bits per heavy atom. The van der Waals surface area contributed by atoms with Gasteiger partial charge in [-0.05, 0) is 38.0 Å². The molecule has 4 heteroatoms. The van der Waals surface area contributed by atoms with Gasteiger partial charge in [0, 0.05) is 12.6 Å². The number of halogens is 1. The van der Waals surface area contributed by atoms with Gasteiger partial charge in [-0.15, -0.1) is 0 Å². The molecule has 108 valence electrons. The van der Waals surface area contributed by atoms with Crippen LogP contribution in [0.25, 0.3) is 0 Å². The summed E-state index contributed by atoms with van der Waals surface area (Å²) in [6, 6.07) is 6.30. The van der Waals surface area contributed by atoms with E-state index in [0.29, 0.717) is 30.9 Å². The van der Waals surface area contributed by atoms with E-state index in [9.17, 15) is 0 Å². The molecule has 0 aromatic heterocycles. The number of rotatable bonds is 9. The van der Waals surface area contributed by atoms with Crippen LogP contribution in [0.15, 0.2) is 18.2 Å². The summed E-state index contributed by atoms with van der Waals surface area (Å²) in [7, 11) is 0. The van der Waals surface area contributed by atoms with Gasteiger partial charge >= 0.3 is 0 Å². The second-order valence-corrected chi connectivity index (χ2v) is 5.07. The minimum absolute atomic E-state index is 0.520. The van der Waals surface area contributed by atoms with E-state index in [2.05, 4.69) is 19.2 Å². The van der Waals surface area contributed by atoms with Gasteiger partial charge in [0.1, 0.15) is 12.4 Å². The first-order chi connectivity index (χ1) is 9.13. The molecule has 0 fully saturated rings. The summed E-state index contributed by atoms with van der Waals surface area (Å²) in [5.74, 6) is 0.725. The molecule has 0 aliphatic carbocycles. The Hall–Kier alpha value is -0.770. The predicted octanol–water partition coefficient (Wildman–Crippen LogP) is 3.43. The van der Waals surface area contributed by atoms with Crippen LogP contribution in [0, 0.1) is 6.92 Å². The molecule has 1 atom stereocenters. The standard InChI is InChI=1S/C15H24ClNO2/c1-4-13(3)17-7-8-18-9-10-19-15-11-12(2)5-6-14(15)16/h5-6,11,13,17H,4,7-10H2,1-3H3/t13-/m0/s1. The van der Waals surface area contributed by atoms with Crippen LogP contribution in [0.2, 0.25) is 5.02 Å². The Labute approximate surface area is 121 Å². The second-order valence-electron chi connectivity index (χ2n) is 4.66. The molecule has 0 spiro atoms. The maximum Gasteiger partial charge on any atom is 0.138 e. The smallest absolute Gasteiger partial charge is 0.138 e. The summed E-state index contributed by atoms with van der Waals surface area (Å²) < 4.78 is 11.1. The van der Waals surface area contributed by atoms with E-state index in [1.54, 1.807) is 0 Å². The van der Waals surface area contributed by atoms with Crippen LogP contribution in [0.4, 0.5) is 0 Å². The van der Waals surface area contributed by atoms with Crippen LogP contribution in [0.5, 0.6) is 5.75 Å². The fourth-order valence-corrected chi connectivity index (χ4v) is 1.73. The summed E-state index contributed by atoms with van der Waals surface area (Å²) >= 11 is 6.03. The molecule has 0 aliphatic heterocycles. The van der Waals surface area contributed by atoms with Gasteiger partial charge in [0.05, 0.1) is 18.2 Å². The van der Waals surface area contributed by atoms with Crippen molar-refractivity contribution in [2.45, 2.75) is 33.2 Å². The van der Waals surface area contributed by atoms with Crippen molar-refractivity contribution in [1.29, 1.82) is 0 Å². The van der Waals surface area contributed by atoms with Crippen molar-refractivity contribution in [2.75, 3.05) is 26.4 Å². The number of nitrogens with one attached hydrogen (secondary N) is 1. The summed E-state index contributed by atoms with van der Waals surface area (Å²) in [6.07, 6.45) is 1.13. The average Bonchev–Trinajstić information content (AvgIpc) is 2.41. The van der Waals surface area contributed by atoms with Crippen LogP contribution in [0.1, 0.15) is 25.8 Å². The van der Waals surface area contributed by atoms with E-state index in [1.165, 1.54) is 0 Å². The number of hydrogen-bond donors (Lipinski definition) is 1. The van der Waals surface area contributed by atoms with Gasteiger partial charge in [-0.25, -0.2) is 0 Å². The molecule has 0 bridgehead atoms. The lowest BCUT2D eigenvalue weighted by molar-refractivity contribution is 0.100. The van der Waals surface area contributed by atoms with Crippen molar-refractivity contribution in [3.8, 4) is 5.75 Å². The van der Waals surface area contributed by atoms with Gasteiger partial charge in [0.15, 0.2) is 0 Å². The maximum absolute atomic E-state index is 6.03. The first kappa shape index (κ1) is 16.3.